The molecule has 26 heavy (non-hydrogen) atoms. The van der Waals surface area contributed by atoms with Crippen molar-refractivity contribution in [1.82, 2.24) is 9.55 Å². The van der Waals surface area contributed by atoms with Crippen molar-refractivity contribution >= 4 is 22.5 Å². The third-order valence-corrected chi connectivity index (χ3v) is 4.22. The number of ether oxygens (including phenoxy) is 2. The summed E-state index contributed by atoms with van der Waals surface area (Å²) in [6.45, 7) is 0.450. The number of benzene rings is 2. The van der Waals surface area contributed by atoms with E-state index in [1.165, 1.54) is 11.7 Å². The maximum atomic E-state index is 12.9. The van der Waals surface area contributed by atoms with Crippen LogP contribution in [0.25, 0.3) is 10.9 Å². The van der Waals surface area contributed by atoms with Gasteiger partial charge < -0.3 is 14.6 Å². The van der Waals surface area contributed by atoms with Crippen molar-refractivity contribution < 1.29 is 14.6 Å². The summed E-state index contributed by atoms with van der Waals surface area (Å²) >= 11 is 5.88. The second-order valence-corrected chi connectivity index (χ2v) is 6.10. The van der Waals surface area contributed by atoms with Gasteiger partial charge in [0.25, 0.3) is 5.56 Å². The second-order valence-electron chi connectivity index (χ2n) is 5.66. The van der Waals surface area contributed by atoms with E-state index in [0.29, 0.717) is 46.2 Å². The number of fused-ring (bicyclic) bond motifs is 1. The molecule has 3 rings (SSSR count). The Balaban J connectivity index is 2.02. The molecule has 6 nitrogen and oxygen atoms in total. The first-order valence-corrected chi connectivity index (χ1v) is 8.57. The summed E-state index contributed by atoms with van der Waals surface area (Å²) in [6, 6.07) is 12.2. The van der Waals surface area contributed by atoms with E-state index in [2.05, 4.69) is 4.98 Å². The van der Waals surface area contributed by atoms with Crippen molar-refractivity contribution in [3.63, 3.8) is 0 Å². The molecule has 136 valence electrons. The number of aliphatic hydroxyl groups is 1. The van der Waals surface area contributed by atoms with E-state index < -0.39 is 0 Å². The lowest BCUT2D eigenvalue weighted by Gasteiger charge is -2.15. The van der Waals surface area contributed by atoms with Gasteiger partial charge in [-0.25, -0.2) is 4.98 Å². The highest BCUT2D eigenvalue weighted by Gasteiger charge is 2.14. The number of hydrogen-bond donors (Lipinski definition) is 1. The summed E-state index contributed by atoms with van der Waals surface area (Å²) in [6.07, 6.45) is 0.449. The molecule has 1 aromatic heterocycles. The third kappa shape index (κ3) is 3.81. The summed E-state index contributed by atoms with van der Waals surface area (Å²) in [7, 11) is 1.54. The second kappa shape index (κ2) is 8.21. The SMILES string of the molecule is COc1cccc2c(=O)n(CCCO)c(COc3ccc(Cl)cc3)nc12. The van der Waals surface area contributed by atoms with Gasteiger partial charge >= 0.3 is 0 Å². The van der Waals surface area contributed by atoms with Gasteiger partial charge in [-0.2, -0.15) is 0 Å². The van der Waals surface area contributed by atoms with Crippen LogP contribution in [0.3, 0.4) is 0 Å². The van der Waals surface area contributed by atoms with Crippen LogP contribution in [0, 0.1) is 0 Å². The molecule has 0 aliphatic heterocycles. The smallest absolute Gasteiger partial charge is 0.261 e. The van der Waals surface area contributed by atoms with Gasteiger partial charge in [0.05, 0.1) is 12.5 Å². The zero-order valence-electron chi connectivity index (χ0n) is 14.3. The van der Waals surface area contributed by atoms with Gasteiger partial charge in [-0.3, -0.25) is 9.36 Å². The Labute approximate surface area is 155 Å². The predicted octanol–water partition coefficient (Wildman–Crippen LogP) is 3.02. The average molecular weight is 375 g/mol. The van der Waals surface area contributed by atoms with Crippen LogP contribution in [0.4, 0.5) is 0 Å². The fourth-order valence-electron chi connectivity index (χ4n) is 2.68. The first-order chi connectivity index (χ1) is 12.6. The van der Waals surface area contributed by atoms with Gasteiger partial charge in [0.1, 0.15) is 29.4 Å². The molecule has 1 heterocycles. The monoisotopic (exact) mass is 374 g/mol. The normalized spacial score (nSPS) is 10.9. The Morgan fingerprint density at radius 1 is 1.19 bits per heavy atom. The molecule has 0 bridgehead atoms. The fraction of sp³-hybridized carbons (Fsp3) is 0.263. The van der Waals surface area contributed by atoms with E-state index in [1.807, 2.05) is 0 Å². The summed E-state index contributed by atoms with van der Waals surface area (Å²) in [5.74, 6) is 1.62. The maximum Gasteiger partial charge on any atom is 0.261 e. The molecule has 1 N–H and O–H groups in total. The van der Waals surface area contributed by atoms with E-state index in [-0.39, 0.29) is 18.8 Å². The van der Waals surface area contributed by atoms with Crippen LogP contribution in [0.1, 0.15) is 12.2 Å². The van der Waals surface area contributed by atoms with Crippen molar-refractivity contribution in [2.75, 3.05) is 13.7 Å². The Kier molecular flexibility index (Phi) is 5.75. The minimum atomic E-state index is -0.183. The van der Waals surface area contributed by atoms with Gasteiger partial charge in [0, 0.05) is 18.2 Å². The Morgan fingerprint density at radius 3 is 2.65 bits per heavy atom. The van der Waals surface area contributed by atoms with E-state index in [4.69, 9.17) is 26.2 Å². The highest BCUT2D eigenvalue weighted by atomic mass is 35.5. The van der Waals surface area contributed by atoms with E-state index in [1.54, 1.807) is 42.5 Å². The number of aliphatic hydroxyl groups excluding tert-OH is 1. The van der Waals surface area contributed by atoms with Crippen molar-refractivity contribution in [1.29, 1.82) is 0 Å². The van der Waals surface area contributed by atoms with Gasteiger partial charge in [-0.05, 0) is 42.8 Å². The number of nitrogens with zero attached hydrogens (tertiary/aromatic N) is 2. The summed E-state index contributed by atoms with van der Waals surface area (Å²) in [5.41, 5.74) is 0.312. The number of halogens is 1. The van der Waals surface area contributed by atoms with Crippen LogP contribution in [0.5, 0.6) is 11.5 Å². The molecule has 0 fully saturated rings. The lowest BCUT2D eigenvalue weighted by Crippen LogP contribution is -2.27. The molecule has 0 atom stereocenters. The molecule has 0 spiro atoms. The minimum absolute atomic E-state index is 0.0138. The number of methoxy groups -OCH3 is 1. The average Bonchev–Trinajstić information content (AvgIpc) is 2.66. The quantitative estimate of drug-likeness (QED) is 0.688. The zero-order chi connectivity index (χ0) is 18.5. The van der Waals surface area contributed by atoms with Crippen LogP contribution < -0.4 is 15.0 Å². The van der Waals surface area contributed by atoms with E-state index in [9.17, 15) is 4.79 Å². The molecular weight excluding hydrogens is 356 g/mol. The first kappa shape index (κ1) is 18.2. The van der Waals surface area contributed by atoms with Crippen molar-refractivity contribution in [3.05, 3.63) is 63.7 Å². The molecule has 3 aromatic rings. The maximum absolute atomic E-state index is 12.9. The zero-order valence-corrected chi connectivity index (χ0v) is 15.1. The molecule has 0 radical (unpaired) electrons. The van der Waals surface area contributed by atoms with Gasteiger partial charge in [-0.15, -0.1) is 0 Å². The lowest BCUT2D eigenvalue weighted by molar-refractivity contribution is 0.265. The van der Waals surface area contributed by atoms with Gasteiger partial charge in [0.15, 0.2) is 0 Å². The Morgan fingerprint density at radius 2 is 1.96 bits per heavy atom. The van der Waals surface area contributed by atoms with Crippen LogP contribution in [-0.2, 0) is 13.2 Å². The largest absolute Gasteiger partial charge is 0.494 e. The lowest BCUT2D eigenvalue weighted by atomic mass is 10.2. The van der Waals surface area contributed by atoms with E-state index >= 15 is 0 Å². The summed E-state index contributed by atoms with van der Waals surface area (Å²) < 4.78 is 12.6. The molecule has 0 unspecified atom stereocenters. The van der Waals surface area contributed by atoms with Crippen LogP contribution >= 0.6 is 11.6 Å². The Hall–Kier alpha value is -2.57. The summed E-state index contributed by atoms with van der Waals surface area (Å²) in [4.78, 5) is 17.5. The molecule has 0 saturated heterocycles. The highest BCUT2D eigenvalue weighted by molar-refractivity contribution is 6.30. The van der Waals surface area contributed by atoms with Crippen LogP contribution in [0.15, 0.2) is 47.3 Å². The molecule has 0 aliphatic carbocycles. The molecule has 0 saturated carbocycles. The number of para-hydroxylation sites is 1. The predicted molar refractivity (Wildman–Crippen MR) is 100 cm³/mol. The third-order valence-electron chi connectivity index (χ3n) is 3.97. The topological polar surface area (TPSA) is 73.6 Å². The molecular formula is C19H19ClN2O4. The molecule has 2 aromatic carbocycles. The standard InChI is InChI=1S/C19H19ClN2O4/c1-25-16-5-2-4-15-18(16)21-17(22(19(15)24)10-3-11-23)12-26-14-8-6-13(20)7-9-14/h2,4-9,23H,3,10-12H2,1H3. The molecule has 7 heteroatoms. The highest BCUT2D eigenvalue weighted by Crippen LogP contribution is 2.22. The molecule has 0 amide bonds. The van der Waals surface area contributed by atoms with E-state index in [0.717, 1.165) is 0 Å². The van der Waals surface area contributed by atoms with Gasteiger partial charge in [-0.1, -0.05) is 17.7 Å². The summed E-state index contributed by atoms with van der Waals surface area (Å²) in [5, 5.41) is 10.2. The fourth-order valence-corrected chi connectivity index (χ4v) is 2.80. The Bertz CT molecular complexity index is 954. The number of aromatic nitrogens is 2. The van der Waals surface area contributed by atoms with Crippen molar-refractivity contribution in [2.45, 2.75) is 19.6 Å². The first-order valence-electron chi connectivity index (χ1n) is 8.19. The number of rotatable bonds is 7. The van der Waals surface area contributed by atoms with Crippen LogP contribution in [0.2, 0.25) is 5.02 Å². The minimum Gasteiger partial charge on any atom is -0.494 e. The molecule has 0 aliphatic rings. The number of hydrogen-bond acceptors (Lipinski definition) is 5. The van der Waals surface area contributed by atoms with Crippen molar-refractivity contribution in [2.24, 2.45) is 0 Å². The van der Waals surface area contributed by atoms with Crippen LogP contribution in [-0.4, -0.2) is 28.4 Å². The van der Waals surface area contributed by atoms with Crippen molar-refractivity contribution in [3.8, 4) is 11.5 Å². The van der Waals surface area contributed by atoms with Gasteiger partial charge in [0.2, 0.25) is 0 Å².